The number of carbonyl (C=O) groups excluding carboxylic acids is 1. The van der Waals surface area contributed by atoms with Crippen LogP contribution in [0, 0.1) is 5.82 Å². The van der Waals surface area contributed by atoms with Crippen LogP contribution in [0.1, 0.15) is 37.4 Å². The highest BCUT2D eigenvalue weighted by molar-refractivity contribution is 6.06. The number of nitrogens with one attached hydrogen (secondary N) is 2. The number of carbonyl (C=O) groups is 1. The molecule has 0 radical (unpaired) electrons. The Morgan fingerprint density at radius 1 is 1.26 bits per heavy atom. The number of rotatable bonds is 5. The summed E-state index contributed by atoms with van der Waals surface area (Å²) in [5.41, 5.74) is 1.67. The quantitative estimate of drug-likeness (QED) is 0.659. The molecule has 160 valence electrons. The molecule has 5 rings (SSSR count). The summed E-state index contributed by atoms with van der Waals surface area (Å²) < 4.78 is 15.2. The first-order valence-electron chi connectivity index (χ1n) is 10.4. The van der Waals surface area contributed by atoms with Gasteiger partial charge >= 0.3 is 0 Å². The van der Waals surface area contributed by atoms with Crippen molar-refractivity contribution in [1.82, 2.24) is 25.1 Å². The van der Waals surface area contributed by atoms with Gasteiger partial charge < -0.3 is 10.6 Å². The molecule has 2 aliphatic heterocycles. The van der Waals surface area contributed by atoms with Crippen LogP contribution >= 0.6 is 0 Å². The highest BCUT2D eigenvalue weighted by atomic mass is 19.1. The average Bonchev–Trinajstić information content (AvgIpc) is 3.47. The molecule has 8 nitrogen and oxygen atoms in total. The fourth-order valence-corrected chi connectivity index (χ4v) is 4.14. The van der Waals surface area contributed by atoms with Gasteiger partial charge in [-0.1, -0.05) is 12.1 Å². The molecule has 2 aromatic heterocycles. The molecule has 0 aliphatic carbocycles. The van der Waals surface area contributed by atoms with Gasteiger partial charge in [0.05, 0.1) is 29.9 Å². The summed E-state index contributed by atoms with van der Waals surface area (Å²) in [5.74, 6) is 0.612. The lowest BCUT2D eigenvalue weighted by Crippen LogP contribution is -2.35. The van der Waals surface area contributed by atoms with Crippen molar-refractivity contribution in [2.24, 2.45) is 0 Å². The lowest BCUT2D eigenvalue weighted by atomic mass is 9.88. The van der Waals surface area contributed by atoms with E-state index in [4.69, 9.17) is 0 Å². The van der Waals surface area contributed by atoms with Crippen molar-refractivity contribution in [2.45, 2.75) is 38.3 Å². The van der Waals surface area contributed by atoms with Crippen LogP contribution in [0.2, 0.25) is 0 Å². The van der Waals surface area contributed by atoms with Gasteiger partial charge in [0.2, 0.25) is 11.9 Å². The third-order valence-corrected chi connectivity index (χ3v) is 6.00. The maximum atomic E-state index is 13.3. The molecule has 9 heteroatoms. The van der Waals surface area contributed by atoms with Gasteiger partial charge in [0.25, 0.3) is 0 Å². The number of halogens is 1. The molecular weight excluding hydrogens is 397 g/mol. The van der Waals surface area contributed by atoms with Gasteiger partial charge in [0.15, 0.2) is 0 Å². The molecule has 2 N–H and O–H groups in total. The predicted molar refractivity (Wildman–Crippen MR) is 115 cm³/mol. The zero-order valence-electron chi connectivity index (χ0n) is 17.5. The van der Waals surface area contributed by atoms with Crippen LogP contribution in [0.15, 0.2) is 42.9 Å². The fraction of sp³-hybridized carbons (Fsp3) is 0.364. The topological polar surface area (TPSA) is 88.0 Å². The number of anilines is 3. The maximum Gasteiger partial charge on any atom is 0.238 e. The molecule has 1 aromatic carbocycles. The molecule has 1 saturated heterocycles. The number of fused-ring (bicyclic) bond motifs is 1. The van der Waals surface area contributed by atoms with Crippen molar-refractivity contribution < 1.29 is 9.18 Å². The normalized spacial score (nSPS) is 19.6. The van der Waals surface area contributed by atoms with Gasteiger partial charge in [-0.15, -0.1) is 0 Å². The first-order valence-corrected chi connectivity index (χ1v) is 10.4. The summed E-state index contributed by atoms with van der Waals surface area (Å²) in [4.78, 5) is 23.9. The van der Waals surface area contributed by atoms with E-state index in [1.165, 1.54) is 12.1 Å². The molecule has 1 atom stereocenters. The number of benzene rings is 1. The van der Waals surface area contributed by atoms with Crippen molar-refractivity contribution in [2.75, 3.05) is 23.3 Å². The second kappa shape index (κ2) is 7.42. The zero-order valence-corrected chi connectivity index (χ0v) is 17.5. The summed E-state index contributed by atoms with van der Waals surface area (Å²) in [6.07, 6.45) is 6.45. The number of hydrogen-bond donors (Lipinski definition) is 2. The van der Waals surface area contributed by atoms with Gasteiger partial charge in [0, 0.05) is 24.5 Å². The number of aromatic nitrogens is 4. The molecule has 0 spiro atoms. The second-order valence-electron chi connectivity index (χ2n) is 8.55. The summed E-state index contributed by atoms with van der Waals surface area (Å²) >= 11 is 0. The Hall–Kier alpha value is -3.33. The maximum absolute atomic E-state index is 13.3. The Balaban J connectivity index is 1.41. The van der Waals surface area contributed by atoms with Gasteiger partial charge in [-0.3, -0.25) is 14.4 Å². The van der Waals surface area contributed by atoms with E-state index >= 15 is 0 Å². The highest BCUT2D eigenvalue weighted by Gasteiger charge is 2.45. The Labute approximate surface area is 179 Å². The van der Waals surface area contributed by atoms with Crippen LogP contribution in [0.4, 0.5) is 21.8 Å². The zero-order chi connectivity index (χ0) is 21.6. The fourth-order valence-electron chi connectivity index (χ4n) is 4.14. The lowest BCUT2D eigenvalue weighted by Gasteiger charge is -2.19. The summed E-state index contributed by atoms with van der Waals surface area (Å²) in [6.45, 7) is 5.96. The number of nitrogens with zero attached hydrogens (tertiary/aromatic N) is 5. The smallest absolute Gasteiger partial charge is 0.238 e. The molecule has 0 saturated carbocycles. The SMILES string of the molecule is CC1(C)C(=O)N(Cc2ccc(F)cc2)c2nc(Nc3cnn(C4CCNC4)c3)ncc21. The van der Waals surface area contributed by atoms with E-state index in [0.29, 0.717) is 24.4 Å². The van der Waals surface area contributed by atoms with Gasteiger partial charge in [-0.2, -0.15) is 10.1 Å². The molecule has 1 fully saturated rings. The Morgan fingerprint density at radius 2 is 2.06 bits per heavy atom. The van der Waals surface area contributed by atoms with Gasteiger partial charge in [0.1, 0.15) is 11.6 Å². The summed E-state index contributed by atoms with van der Waals surface area (Å²) in [5, 5.41) is 11.0. The van der Waals surface area contributed by atoms with Crippen molar-refractivity contribution in [3.05, 3.63) is 59.8 Å². The van der Waals surface area contributed by atoms with Crippen LogP contribution in [0.25, 0.3) is 0 Å². The molecule has 3 aromatic rings. The van der Waals surface area contributed by atoms with E-state index in [0.717, 1.165) is 36.3 Å². The molecule has 0 bridgehead atoms. The van der Waals surface area contributed by atoms with Crippen LogP contribution in [-0.2, 0) is 16.8 Å². The van der Waals surface area contributed by atoms with E-state index in [-0.39, 0.29) is 11.7 Å². The van der Waals surface area contributed by atoms with Crippen molar-refractivity contribution >= 4 is 23.4 Å². The third kappa shape index (κ3) is 3.54. The first kappa shape index (κ1) is 19.6. The summed E-state index contributed by atoms with van der Waals surface area (Å²) in [7, 11) is 0. The van der Waals surface area contributed by atoms with Crippen molar-refractivity contribution in [3.8, 4) is 0 Å². The van der Waals surface area contributed by atoms with Crippen LogP contribution < -0.4 is 15.5 Å². The average molecular weight is 421 g/mol. The standard InChI is InChI=1S/C22H24FN7O/c1-22(2)18-11-25-21(27-16-9-26-30(13-16)17-7-8-24-10-17)28-19(18)29(20(22)31)12-14-3-5-15(23)6-4-14/h3-6,9,11,13,17,24H,7-8,10,12H2,1-2H3,(H,25,27,28). The minimum Gasteiger partial charge on any atom is -0.321 e. The van der Waals surface area contributed by atoms with Crippen molar-refractivity contribution in [1.29, 1.82) is 0 Å². The number of hydrogen-bond acceptors (Lipinski definition) is 6. The third-order valence-electron chi connectivity index (χ3n) is 6.00. The number of amides is 1. The van der Waals surface area contributed by atoms with Crippen LogP contribution in [-0.4, -0.2) is 38.7 Å². The lowest BCUT2D eigenvalue weighted by molar-refractivity contribution is -0.122. The monoisotopic (exact) mass is 421 g/mol. The summed E-state index contributed by atoms with van der Waals surface area (Å²) in [6, 6.07) is 6.50. The van der Waals surface area contributed by atoms with Crippen LogP contribution in [0.5, 0.6) is 0 Å². The van der Waals surface area contributed by atoms with E-state index in [1.54, 1.807) is 29.4 Å². The first-order chi connectivity index (χ1) is 14.9. The highest BCUT2D eigenvalue weighted by Crippen LogP contribution is 2.41. The van der Waals surface area contributed by atoms with Crippen LogP contribution in [0.3, 0.4) is 0 Å². The Kier molecular flexibility index (Phi) is 4.70. The predicted octanol–water partition coefficient (Wildman–Crippen LogP) is 2.91. The minimum absolute atomic E-state index is 0.0557. The van der Waals surface area contributed by atoms with E-state index in [2.05, 4.69) is 25.7 Å². The second-order valence-corrected chi connectivity index (χ2v) is 8.55. The minimum atomic E-state index is -0.728. The van der Waals surface area contributed by atoms with Crippen molar-refractivity contribution in [3.63, 3.8) is 0 Å². The Morgan fingerprint density at radius 3 is 2.81 bits per heavy atom. The molecule has 1 unspecified atom stereocenters. The van der Waals surface area contributed by atoms with Gasteiger partial charge in [-0.05, 0) is 44.5 Å². The molecule has 31 heavy (non-hydrogen) atoms. The largest absolute Gasteiger partial charge is 0.321 e. The molecule has 1 amide bonds. The Bertz CT molecular complexity index is 1120. The molecule has 2 aliphatic rings. The van der Waals surface area contributed by atoms with E-state index in [9.17, 15) is 9.18 Å². The van der Waals surface area contributed by atoms with E-state index < -0.39 is 5.41 Å². The van der Waals surface area contributed by atoms with Gasteiger partial charge in [-0.25, -0.2) is 9.37 Å². The van der Waals surface area contributed by atoms with E-state index in [1.807, 2.05) is 24.7 Å². The molecule has 4 heterocycles. The molecular formula is C22H24FN7O.